The molecule has 1 aliphatic rings. The number of ether oxygens (including phenoxy) is 1. The number of carbonyl (C=O) groups is 2. The van der Waals surface area contributed by atoms with E-state index in [-0.39, 0.29) is 18.6 Å². The maximum Gasteiger partial charge on any atom is 0.408 e. The molecule has 0 bridgehead atoms. The second-order valence-corrected chi connectivity index (χ2v) is 8.36. The standard InChI is InChI=1S/C21H30N6O4/c1-15(25-20(29)31-21(3,4)5)11-24-30-14-19(28)27-9-8-26(13-16(27)2)18-7-6-17(10-22)12-23-18/h6-7,11-12,15-16H,8-9,13-14H2,1-5H3,(H,25,29)/b24-11+/t15-,16+/m0/s1. The van der Waals surface area contributed by atoms with E-state index in [1.165, 1.54) is 6.21 Å². The lowest BCUT2D eigenvalue weighted by atomic mass is 10.2. The third-order valence-corrected chi connectivity index (χ3v) is 4.44. The summed E-state index contributed by atoms with van der Waals surface area (Å²) in [5.74, 6) is 0.620. The van der Waals surface area contributed by atoms with E-state index in [9.17, 15) is 9.59 Å². The van der Waals surface area contributed by atoms with Crippen molar-refractivity contribution >= 4 is 24.0 Å². The number of alkyl carbamates (subject to hydrolysis) is 1. The first-order valence-corrected chi connectivity index (χ1v) is 10.1. The van der Waals surface area contributed by atoms with Crippen molar-refractivity contribution in [2.75, 3.05) is 31.1 Å². The first-order chi connectivity index (χ1) is 14.6. The average Bonchev–Trinajstić information content (AvgIpc) is 2.69. The van der Waals surface area contributed by atoms with Crippen molar-refractivity contribution in [3.05, 3.63) is 23.9 Å². The van der Waals surface area contributed by atoms with Crippen molar-refractivity contribution in [3.8, 4) is 6.07 Å². The van der Waals surface area contributed by atoms with Gasteiger partial charge >= 0.3 is 6.09 Å². The first kappa shape index (κ1) is 23.9. The van der Waals surface area contributed by atoms with E-state index < -0.39 is 17.7 Å². The fourth-order valence-corrected chi connectivity index (χ4v) is 3.02. The maximum absolute atomic E-state index is 12.5. The molecule has 31 heavy (non-hydrogen) atoms. The lowest BCUT2D eigenvalue weighted by Gasteiger charge is -2.40. The van der Waals surface area contributed by atoms with Crippen molar-refractivity contribution in [1.82, 2.24) is 15.2 Å². The van der Waals surface area contributed by atoms with Crippen LogP contribution in [0.15, 0.2) is 23.5 Å². The van der Waals surface area contributed by atoms with E-state index in [0.29, 0.717) is 25.2 Å². The normalized spacial score (nSPS) is 17.7. The zero-order chi connectivity index (χ0) is 23.0. The van der Waals surface area contributed by atoms with Crippen molar-refractivity contribution < 1.29 is 19.2 Å². The van der Waals surface area contributed by atoms with Gasteiger partial charge in [-0.3, -0.25) is 4.79 Å². The van der Waals surface area contributed by atoms with Crippen molar-refractivity contribution in [3.63, 3.8) is 0 Å². The number of nitriles is 1. The Balaban J connectivity index is 1.75. The molecule has 10 heteroatoms. The molecule has 2 atom stereocenters. The average molecular weight is 431 g/mol. The summed E-state index contributed by atoms with van der Waals surface area (Å²) in [5, 5.41) is 15.3. The Hall–Kier alpha value is -3.35. The minimum Gasteiger partial charge on any atom is -0.444 e. The molecular weight excluding hydrogens is 400 g/mol. The minimum absolute atomic E-state index is 0.0287. The van der Waals surface area contributed by atoms with Gasteiger partial charge in [-0.05, 0) is 46.8 Å². The van der Waals surface area contributed by atoms with Crippen molar-refractivity contribution in [1.29, 1.82) is 5.26 Å². The van der Waals surface area contributed by atoms with Crippen LogP contribution < -0.4 is 10.2 Å². The molecule has 0 radical (unpaired) electrons. The molecule has 0 aliphatic carbocycles. The highest BCUT2D eigenvalue weighted by molar-refractivity contribution is 5.78. The molecule has 1 saturated heterocycles. The van der Waals surface area contributed by atoms with Crippen LogP contribution in [-0.4, -0.2) is 72.0 Å². The van der Waals surface area contributed by atoms with Gasteiger partial charge in [0.15, 0.2) is 6.61 Å². The zero-order valence-corrected chi connectivity index (χ0v) is 18.7. The third kappa shape index (κ3) is 7.77. The van der Waals surface area contributed by atoms with Crippen LogP contribution in [0.4, 0.5) is 10.6 Å². The van der Waals surface area contributed by atoms with Gasteiger partial charge in [0.2, 0.25) is 0 Å². The van der Waals surface area contributed by atoms with E-state index in [2.05, 4.69) is 26.4 Å². The highest BCUT2D eigenvalue weighted by atomic mass is 16.6. The number of carbonyl (C=O) groups excluding carboxylic acids is 2. The Morgan fingerprint density at radius 3 is 2.74 bits per heavy atom. The zero-order valence-electron chi connectivity index (χ0n) is 18.7. The molecule has 0 unspecified atom stereocenters. The predicted octanol–water partition coefficient (Wildman–Crippen LogP) is 1.91. The summed E-state index contributed by atoms with van der Waals surface area (Å²) in [6, 6.07) is 5.16. The number of aromatic nitrogens is 1. The monoisotopic (exact) mass is 430 g/mol. The number of hydrogen-bond acceptors (Lipinski definition) is 8. The van der Waals surface area contributed by atoms with E-state index in [4.69, 9.17) is 14.8 Å². The lowest BCUT2D eigenvalue weighted by molar-refractivity contribution is -0.138. The molecule has 0 aromatic carbocycles. The highest BCUT2D eigenvalue weighted by Gasteiger charge is 2.28. The summed E-state index contributed by atoms with van der Waals surface area (Å²) < 4.78 is 5.16. The smallest absolute Gasteiger partial charge is 0.408 e. The van der Waals surface area contributed by atoms with Gasteiger partial charge in [0, 0.05) is 31.9 Å². The van der Waals surface area contributed by atoms with Crippen molar-refractivity contribution in [2.24, 2.45) is 5.16 Å². The van der Waals surface area contributed by atoms with Crippen LogP contribution in [-0.2, 0) is 14.4 Å². The second-order valence-electron chi connectivity index (χ2n) is 8.36. The van der Waals surface area contributed by atoms with E-state index in [1.807, 2.05) is 13.0 Å². The van der Waals surface area contributed by atoms with Crippen LogP contribution in [0.1, 0.15) is 40.2 Å². The maximum atomic E-state index is 12.5. The lowest BCUT2D eigenvalue weighted by Crippen LogP contribution is -2.55. The number of nitrogens with zero attached hydrogens (tertiary/aromatic N) is 5. The van der Waals surface area contributed by atoms with Crippen LogP contribution in [0.3, 0.4) is 0 Å². The number of piperazine rings is 1. The number of hydrogen-bond donors (Lipinski definition) is 1. The molecule has 2 heterocycles. The van der Waals surface area contributed by atoms with Gasteiger partial charge in [0.25, 0.3) is 5.91 Å². The Bertz CT molecular complexity index is 828. The molecule has 0 spiro atoms. The topological polar surface area (TPSA) is 120 Å². The molecule has 10 nitrogen and oxygen atoms in total. The van der Waals surface area contributed by atoms with Crippen molar-refractivity contribution in [2.45, 2.75) is 52.3 Å². The van der Waals surface area contributed by atoms with Crippen LogP contribution in [0.2, 0.25) is 0 Å². The second kappa shape index (κ2) is 10.6. The molecular formula is C21H30N6O4. The number of nitrogens with one attached hydrogen (secondary N) is 1. The van der Waals surface area contributed by atoms with E-state index in [0.717, 1.165) is 5.82 Å². The highest BCUT2D eigenvalue weighted by Crippen LogP contribution is 2.17. The van der Waals surface area contributed by atoms with Gasteiger partial charge in [-0.25, -0.2) is 9.78 Å². The van der Waals surface area contributed by atoms with Gasteiger partial charge in [-0.1, -0.05) is 5.16 Å². The molecule has 1 fully saturated rings. The van der Waals surface area contributed by atoms with E-state index >= 15 is 0 Å². The van der Waals surface area contributed by atoms with Crippen LogP contribution in [0, 0.1) is 11.3 Å². The number of oxime groups is 1. The largest absolute Gasteiger partial charge is 0.444 e. The summed E-state index contributed by atoms with van der Waals surface area (Å²) >= 11 is 0. The fraction of sp³-hybridized carbons (Fsp3) is 0.571. The van der Waals surface area contributed by atoms with Gasteiger partial charge in [0.1, 0.15) is 17.5 Å². The number of rotatable bonds is 6. The summed E-state index contributed by atoms with van der Waals surface area (Å²) in [4.78, 5) is 37.4. The third-order valence-electron chi connectivity index (χ3n) is 4.44. The van der Waals surface area contributed by atoms with E-state index in [1.54, 1.807) is 44.9 Å². The number of amides is 2. The molecule has 0 saturated carbocycles. The predicted molar refractivity (Wildman–Crippen MR) is 116 cm³/mol. The van der Waals surface area contributed by atoms with Gasteiger partial charge < -0.3 is 24.7 Å². The summed E-state index contributed by atoms with van der Waals surface area (Å²) in [6.45, 7) is 10.6. The summed E-state index contributed by atoms with van der Waals surface area (Å²) in [5.41, 5.74) is -0.0697. The number of anilines is 1. The summed E-state index contributed by atoms with van der Waals surface area (Å²) in [7, 11) is 0. The Kier molecular flexibility index (Phi) is 8.19. The number of pyridine rings is 1. The van der Waals surface area contributed by atoms with Crippen LogP contribution in [0.5, 0.6) is 0 Å². The Morgan fingerprint density at radius 1 is 1.42 bits per heavy atom. The molecule has 1 N–H and O–H groups in total. The van der Waals surface area contributed by atoms with Crippen LogP contribution in [0.25, 0.3) is 0 Å². The quantitative estimate of drug-likeness (QED) is 0.540. The first-order valence-electron chi connectivity index (χ1n) is 10.1. The van der Waals surface area contributed by atoms with Gasteiger partial charge in [0.05, 0.1) is 17.8 Å². The fourth-order valence-electron chi connectivity index (χ4n) is 3.02. The molecule has 2 rings (SSSR count). The summed E-state index contributed by atoms with van der Waals surface area (Å²) in [6.07, 6.45) is 2.39. The van der Waals surface area contributed by atoms with Gasteiger partial charge in [-0.15, -0.1) is 0 Å². The molecule has 1 aromatic heterocycles. The molecule has 1 aliphatic heterocycles. The minimum atomic E-state index is -0.583. The van der Waals surface area contributed by atoms with Crippen LogP contribution >= 0.6 is 0 Å². The Labute approximate surface area is 182 Å². The van der Waals surface area contributed by atoms with Gasteiger partial charge in [-0.2, -0.15) is 5.26 Å². The molecule has 168 valence electrons. The SMILES string of the molecule is C[C@@H]1CN(c2ccc(C#N)cn2)CCN1C(=O)CO/N=C/[C@H](C)NC(=O)OC(C)(C)C. The Morgan fingerprint density at radius 2 is 2.16 bits per heavy atom. The molecule has 2 amide bonds. The molecule has 1 aromatic rings.